The normalized spacial score (nSPS) is 11.6. The fourth-order valence-electron chi connectivity index (χ4n) is 2.22. The first-order valence-corrected chi connectivity index (χ1v) is 6.21. The van der Waals surface area contributed by atoms with Crippen LogP contribution in [0.5, 0.6) is 0 Å². The highest BCUT2D eigenvalue weighted by Gasteiger charge is 2.36. The molecule has 3 aromatic rings. The van der Waals surface area contributed by atoms with E-state index in [-0.39, 0.29) is 5.69 Å². The number of nitrogens with one attached hydrogen (secondary N) is 1. The minimum atomic E-state index is -1.64. The third-order valence-corrected chi connectivity index (χ3v) is 3.31. The van der Waals surface area contributed by atoms with E-state index < -0.39 is 17.2 Å². The molecule has 2 aromatic carbocycles. The van der Waals surface area contributed by atoms with E-state index in [4.69, 9.17) is 0 Å². The van der Waals surface area contributed by atoms with Gasteiger partial charge in [0.2, 0.25) is 0 Å². The van der Waals surface area contributed by atoms with Crippen molar-refractivity contribution in [3.63, 3.8) is 0 Å². The third kappa shape index (κ3) is 2.30. The van der Waals surface area contributed by atoms with E-state index in [1.54, 1.807) is 0 Å². The number of aromatic nitrogens is 3. The van der Waals surface area contributed by atoms with Gasteiger partial charge in [0.05, 0.1) is 6.20 Å². The molecule has 0 unspecified atom stereocenters. The summed E-state index contributed by atoms with van der Waals surface area (Å²) < 4.78 is 26.2. The Hall–Kier alpha value is -2.60. The molecule has 106 valence electrons. The van der Waals surface area contributed by atoms with Crippen LogP contribution in [-0.4, -0.2) is 20.5 Å². The SMILES string of the molecule is OC(c1ccc(F)cc1)(c1ccc(F)cc1)c1cn[nH]n1. The molecule has 0 radical (unpaired) electrons. The predicted molar refractivity (Wildman–Crippen MR) is 71.3 cm³/mol. The monoisotopic (exact) mass is 287 g/mol. The second-order valence-corrected chi connectivity index (χ2v) is 4.58. The van der Waals surface area contributed by atoms with Crippen molar-refractivity contribution in [3.8, 4) is 0 Å². The highest BCUT2D eigenvalue weighted by Crippen LogP contribution is 2.35. The molecule has 0 spiro atoms. The summed E-state index contributed by atoms with van der Waals surface area (Å²) in [6.07, 6.45) is 1.37. The number of benzene rings is 2. The van der Waals surface area contributed by atoms with E-state index in [0.29, 0.717) is 11.1 Å². The van der Waals surface area contributed by atoms with Gasteiger partial charge in [0, 0.05) is 0 Å². The Morgan fingerprint density at radius 2 is 1.33 bits per heavy atom. The van der Waals surface area contributed by atoms with Crippen molar-refractivity contribution in [2.24, 2.45) is 0 Å². The molecule has 4 nitrogen and oxygen atoms in total. The zero-order valence-corrected chi connectivity index (χ0v) is 10.8. The summed E-state index contributed by atoms with van der Waals surface area (Å²) in [5.41, 5.74) is -0.594. The van der Waals surface area contributed by atoms with Crippen LogP contribution in [0.1, 0.15) is 16.8 Å². The van der Waals surface area contributed by atoms with Crippen molar-refractivity contribution in [2.75, 3.05) is 0 Å². The average Bonchev–Trinajstić information content (AvgIpc) is 3.02. The zero-order chi connectivity index (χ0) is 14.9. The van der Waals surface area contributed by atoms with Crippen LogP contribution in [0.3, 0.4) is 0 Å². The first kappa shape index (κ1) is 13.4. The van der Waals surface area contributed by atoms with Crippen LogP contribution < -0.4 is 0 Å². The van der Waals surface area contributed by atoms with E-state index in [9.17, 15) is 13.9 Å². The smallest absolute Gasteiger partial charge is 0.160 e. The second kappa shape index (κ2) is 5.06. The minimum Gasteiger partial charge on any atom is -0.374 e. The molecule has 21 heavy (non-hydrogen) atoms. The van der Waals surface area contributed by atoms with Crippen molar-refractivity contribution in [1.29, 1.82) is 0 Å². The molecular formula is C15H11F2N3O. The quantitative estimate of drug-likeness (QED) is 0.777. The van der Waals surface area contributed by atoms with Crippen molar-refractivity contribution >= 4 is 0 Å². The van der Waals surface area contributed by atoms with Crippen LogP contribution in [0.4, 0.5) is 8.78 Å². The largest absolute Gasteiger partial charge is 0.374 e. The number of halogens is 2. The van der Waals surface area contributed by atoms with Gasteiger partial charge in [-0.15, -0.1) is 0 Å². The summed E-state index contributed by atoms with van der Waals surface area (Å²) in [7, 11) is 0. The first-order chi connectivity index (χ1) is 10.1. The van der Waals surface area contributed by atoms with Gasteiger partial charge in [-0.3, -0.25) is 0 Å². The Bertz CT molecular complexity index is 679. The van der Waals surface area contributed by atoms with Gasteiger partial charge in [-0.2, -0.15) is 15.4 Å². The van der Waals surface area contributed by atoms with Crippen LogP contribution in [0, 0.1) is 11.6 Å². The number of rotatable bonds is 3. The lowest BCUT2D eigenvalue weighted by Crippen LogP contribution is -2.29. The molecule has 0 aliphatic rings. The fraction of sp³-hybridized carbons (Fsp3) is 0.0667. The van der Waals surface area contributed by atoms with Gasteiger partial charge in [0.15, 0.2) is 5.60 Å². The summed E-state index contributed by atoms with van der Waals surface area (Å²) >= 11 is 0. The maximum atomic E-state index is 13.1. The maximum absolute atomic E-state index is 13.1. The number of nitrogens with zero attached hydrogens (tertiary/aromatic N) is 2. The van der Waals surface area contributed by atoms with Crippen LogP contribution in [0.25, 0.3) is 0 Å². The lowest BCUT2D eigenvalue weighted by Gasteiger charge is -2.27. The molecule has 0 saturated heterocycles. The summed E-state index contributed by atoms with van der Waals surface area (Å²) in [5, 5.41) is 21.2. The Balaban J connectivity index is 2.20. The van der Waals surface area contributed by atoms with Crippen LogP contribution >= 0.6 is 0 Å². The zero-order valence-electron chi connectivity index (χ0n) is 10.8. The van der Waals surface area contributed by atoms with E-state index in [0.717, 1.165) is 0 Å². The Morgan fingerprint density at radius 3 is 1.71 bits per heavy atom. The van der Waals surface area contributed by atoms with Crippen LogP contribution in [0.2, 0.25) is 0 Å². The molecule has 0 aliphatic heterocycles. The van der Waals surface area contributed by atoms with Gasteiger partial charge < -0.3 is 5.11 Å². The van der Waals surface area contributed by atoms with Gasteiger partial charge in [0.1, 0.15) is 17.3 Å². The molecule has 0 bridgehead atoms. The summed E-state index contributed by atoms with van der Waals surface area (Å²) in [6.45, 7) is 0. The predicted octanol–water partition coefficient (Wildman–Crippen LogP) is 2.37. The van der Waals surface area contributed by atoms with E-state index in [2.05, 4.69) is 15.4 Å². The van der Waals surface area contributed by atoms with Crippen molar-refractivity contribution < 1.29 is 13.9 Å². The van der Waals surface area contributed by atoms with Gasteiger partial charge >= 0.3 is 0 Å². The van der Waals surface area contributed by atoms with Gasteiger partial charge in [0.25, 0.3) is 0 Å². The highest BCUT2D eigenvalue weighted by atomic mass is 19.1. The standard InChI is InChI=1S/C15H11F2N3O/c16-12-5-1-10(2-6-12)15(21,14-9-18-20-19-14)11-3-7-13(17)8-4-11/h1-9,21H,(H,18,19,20). The van der Waals surface area contributed by atoms with E-state index >= 15 is 0 Å². The molecule has 0 atom stereocenters. The molecule has 0 aliphatic carbocycles. The number of hydrogen-bond donors (Lipinski definition) is 2. The van der Waals surface area contributed by atoms with Gasteiger partial charge in [-0.05, 0) is 35.4 Å². The Morgan fingerprint density at radius 1 is 0.857 bits per heavy atom. The molecule has 6 heteroatoms. The average molecular weight is 287 g/mol. The van der Waals surface area contributed by atoms with Crippen LogP contribution in [-0.2, 0) is 5.60 Å². The van der Waals surface area contributed by atoms with Crippen molar-refractivity contribution in [1.82, 2.24) is 15.4 Å². The molecule has 2 N–H and O–H groups in total. The lowest BCUT2D eigenvalue weighted by atomic mass is 9.84. The summed E-state index contributed by atoms with van der Waals surface area (Å²) in [6, 6.07) is 10.8. The maximum Gasteiger partial charge on any atom is 0.160 e. The molecule has 1 heterocycles. The molecule has 0 fully saturated rings. The molecule has 3 rings (SSSR count). The van der Waals surface area contributed by atoms with Crippen molar-refractivity contribution in [2.45, 2.75) is 5.60 Å². The van der Waals surface area contributed by atoms with E-state index in [1.165, 1.54) is 54.7 Å². The Kier molecular flexibility index (Phi) is 3.23. The van der Waals surface area contributed by atoms with E-state index in [1.807, 2.05) is 0 Å². The number of hydrogen-bond acceptors (Lipinski definition) is 3. The summed E-state index contributed by atoms with van der Waals surface area (Å²) in [4.78, 5) is 0. The Labute approximate surface area is 119 Å². The number of aromatic amines is 1. The number of H-pyrrole nitrogens is 1. The first-order valence-electron chi connectivity index (χ1n) is 6.21. The molecule has 1 aromatic heterocycles. The third-order valence-electron chi connectivity index (χ3n) is 3.31. The number of aliphatic hydroxyl groups is 1. The van der Waals surface area contributed by atoms with Crippen LogP contribution in [0.15, 0.2) is 54.7 Å². The van der Waals surface area contributed by atoms with Gasteiger partial charge in [-0.1, -0.05) is 24.3 Å². The lowest BCUT2D eigenvalue weighted by molar-refractivity contribution is 0.120. The topological polar surface area (TPSA) is 61.8 Å². The second-order valence-electron chi connectivity index (χ2n) is 4.58. The summed E-state index contributed by atoms with van der Waals surface area (Å²) in [5.74, 6) is -0.833. The van der Waals surface area contributed by atoms with Gasteiger partial charge in [-0.25, -0.2) is 8.78 Å². The molecule has 0 saturated carbocycles. The van der Waals surface area contributed by atoms with Crippen molar-refractivity contribution in [3.05, 3.63) is 83.2 Å². The highest BCUT2D eigenvalue weighted by molar-refractivity contribution is 5.43. The molecular weight excluding hydrogens is 276 g/mol. The fourth-order valence-corrected chi connectivity index (χ4v) is 2.22. The minimum absolute atomic E-state index is 0.237. The molecule has 0 amide bonds.